The Labute approximate surface area is 308 Å². The number of rotatable bonds is 35. The quantitative estimate of drug-likeness (QED) is 0.0477. The number of nitrogens with one attached hydrogen (secondary N) is 2. The molecule has 4 N–H and O–H groups in total. The van der Waals surface area contributed by atoms with Crippen LogP contribution in [0.1, 0.15) is 174 Å². The fourth-order valence-corrected chi connectivity index (χ4v) is 6.81. The van der Waals surface area contributed by atoms with E-state index in [0.717, 1.165) is 51.4 Å². The van der Waals surface area contributed by atoms with Gasteiger partial charge in [0.25, 0.3) is 0 Å². The van der Waals surface area contributed by atoms with Crippen LogP contribution in [0.4, 0.5) is 0 Å². The lowest BCUT2D eigenvalue weighted by molar-refractivity contribution is -0.143. The summed E-state index contributed by atoms with van der Waals surface area (Å²) in [6.45, 7) is 4.15. The Morgan fingerprint density at radius 2 is 1.14 bits per heavy atom. The molecule has 51 heavy (non-hydrogen) atoms. The van der Waals surface area contributed by atoms with Gasteiger partial charge in [-0.15, -0.1) is 0 Å². The van der Waals surface area contributed by atoms with E-state index in [0.29, 0.717) is 76.8 Å². The number of aliphatic carboxylic acids is 2. The molecule has 0 heterocycles. The van der Waals surface area contributed by atoms with Gasteiger partial charge in [-0.25, -0.2) is 4.79 Å². The van der Waals surface area contributed by atoms with Crippen LogP contribution in [0, 0.1) is 11.8 Å². The minimum absolute atomic E-state index is 0.000936. The van der Waals surface area contributed by atoms with Crippen molar-refractivity contribution in [1.29, 1.82) is 0 Å². The van der Waals surface area contributed by atoms with E-state index in [1.165, 1.54) is 70.6 Å². The predicted octanol–water partition coefficient (Wildman–Crippen LogP) is 7.77. The minimum Gasteiger partial charge on any atom is -0.481 e. The lowest BCUT2D eigenvalue weighted by atomic mass is 9.79. The molecule has 11 nitrogen and oxygen atoms in total. The van der Waals surface area contributed by atoms with Crippen LogP contribution >= 0.6 is 0 Å². The lowest BCUT2D eigenvalue weighted by Crippen LogP contribution is -2.45. The Balaban J connectivity index is 2.00. The number of carbonyl (C=O) groups excluding carboxylic acids is 3. The van der Waals surface area contributed by atoms with Crippen molar-refractivity contribution < 1.29 is 43.7 Å². The number of ketones is 1. The first-order chi connectivity index (χ1) is 24.7. The van der Waals surface area contributed by atoms with Gasteiger partial charge in [-0.1, -0.05) is 89.9 Å². The molecule has 1 fully saturated rings. The molecule has 1 aliphatic rings. The van der Waals surface area contributed by atoms with Gasteiger partial charge in [-0.2, -0.15) is 0 Å². The van der Waals surface area contributed by atoms with Crippen molar-refractivity contribution in [2.75, 3.05) is 33.0 Å². The summed E-state index contributed by atoms with van der Waals surface area (Å²) in [6, 6.07) is -1.10. The van der Waals surface area contributed by atoms with E-state index < -0.39 is 18.0 Å². The molecule has 0 aliphatic heterocycles. The van der Waals surface area contributed by atoms with Crippen molar-refractivity contribution in [3.05, 3.63) is 0 Å². The number of amides is 2. The normalized spacial score (nSPS) is 16.4. The molecular formula is C40H72N2O9. The Hall–Kier alpha value is -2.53. The summed E-state index contributed by atoms with van der Waals surface area (Å²) in [4.78, 5) is 59.7. The molecule has 2 amide bonds. The van der Waals surface area contributed by atoms with Crippen molar-refractivity contribution >= 4 is 29.5 Å². The van der Waals surface area contributed by atoms with E-state index in [2.05, 4.69) is 10.6 Å². The number of carbonyl (C=O) groups is 5. The van der Waals surface area contributed by atoms with Gasteiger partial charge in [0.1, 0.15) is 11.8 Å². The number of carboxylic acids is 2. The minimum atomic E-state index is -1.14. The van der Waals surface area contributed by atoms with Crippen LogP contribution in [-0.2, 0) is 33.4 Å². The average molecular weight is 725 g/mol. The lowest BCUT2D eigenvalue weighted by Gasteiger charge is -2.28. The maximum absolute atomic E-state index is 12.8. The topological polar surface area (TPSA) is 168 Å². The molecule has 0 aromatic heterocycles. The van der Waals surface area contributed by atoms with E-state index in [9.17, 15) is 29.1 Å². The molecule has 1 saturated carbocycles. The number of hydrogen-bond acceptors (Lipinski definition) is 7. The van der Waals surface area contributed by atoms with Crippen LogP contribution in [0.2, 0.25) is 0 Å². The highest BCUT2D eigenvalue weighted by Gasteiger charge is 2.29. The first-order valence-electron chi connectivity index (χ1n) is 20.4. The standard InChI is InChI=1S/C40H72N2O9/c1-2-50-31-32-51-30-29-41-37(44)28-27-36(40(48)49)42-39(47)34-24-21-33(22-25-34)23-26-35(43)19-17-15-13-11-9-7-5-3-4-6-8-10-12-14-16-18-20-38(45)46/h33-34,36H,2-32H2,1H3,(H,41,44)(H,42,47)(H,45,46)(H,48,49)/t33?,34?,36-/m0/s1. The summed E-state index contributed by atoms with van der Waals surface area (Å²) in [7, 11) is 0. The second-order valence-corrected chi connectivity index (χ2v) is 14.4. The SMILES string of the molecule is CCOCCOCCNC(=O)CC[C@H](NC(=O)C1CCC(CCC(=O)CCCCCCCCCCCCCCCCCCC(=O)O)CC1)C(=O)O. The van der Waals surface area contributed by atoms with Crippen molar-refractivity contribution in [3.8, 4) is 0 Å². The third-order valence-electron chi connectivity index (χ3n) is 10.1. The van der Waals surface area contributed by atoms with E-state index in [4.69, 9.17) is 14.6 Å². The average Bonchev–Trinajstić information content (AvgIpc) is 3.11. The van der Waals surface area contributed by atoms with Crippen molar-refractivity contribution in [3.63, 3.8) is 0 Å². The van der Waals surface area contributed by atoms with E-state index in [1.807, 2.05) is 6.92 Å². The van der Waals surface area contributed by atoms with Gasteiger partial charge >= 0.3 is 11.9 Å². The first kappa shape index (κ1) is 46.5. The molecule has 0 aromatic carbocycles. The summed E-state index contributed by atoms with van der Waals surface area (Å²) in [5, 5.41) is 23.6. The van der Waals surface area contributed by atoms with Gasteiger partial charge in [0.2, 0.25) is 11.8 Å². The van der Waals surface area contributed by atoms with Crippen LogP contribution in [0.25, 0.3) is 0 Å². The summed E-state index contributed by atoms with van der Waals surface area (Å²) < 4.78 is 10.5. The molecule has 0 unspecified atom stereocenters. The molecule has 0 bridgehead atoms. The fraction of sp³-hybridized carbons (Fsp3) is 0.875. The largest absolute Gasteiger partial charge is 0.481 e. The van der Waals surface area contributed by atoms with Crippen LogP contribution in [-0.4, -0.2) is 78.8 Å². The van der Waals surface area contributed by atoms with E-state index in [-0.39, 0.29) is 30.6 Å². The maximum Gasteiger partial charge on any atom is 0.326 e. The Kier molecular flexibility index (Phi) is 29.3. The third-order valence-corrected chi connectivity index (χ3v) is 10.1. The highest BCUT2D eigenvalue weighted by Crippen LogP contribution is 2.32. The molecular weight excluding hydrogens is 652 g/mol. The molecule has 296 valence electrons. The van der Waals surface area contributed by atoms with Crippen molar-refractivity contribution in [2.24, 2.45) is 11.8 Å². The molecule has 1 rings (SSSR count). The first-order valence-corrected chi connectivity index (χ1v) is 20.4. The van der Waals surface area contributed by atoms with Crippen LogP contribution in [0.15, 0.2) is 0 Å². The zero-order valence-electron chi connectivity index (χ0n) is 31.9. The highest BCUT2D eigenvalue weighted by atomic mass is 16.5. The smallest absolute Gasteiger partial charge is 0.326 e. The molecule has 0 aromatic rings. The second-order valence-electron chi connectivity index (χ2n) is 14.4. The summed E-state index contributed by atoms with van der Waals surface area (Å²) in [5.74, 6) is -1.82. The van der Waals surface area contributed by atoms with Crippen LogP contribution in [0.3, 0.4) is 0 Å². The molecule has 0 saturated heterocycles. The Morgan fingerprint density at radius 1 is 0.627 bits per heavy atom. The number of unbranched alkanes of at least 4 members (excludes halogenated alkanes) is 15. The van der Waals surface area contributed by atoms with Gasteiger partial charge in [-0.3, -0.25) is 19.2 Å². The number of carboxylic acid groups (broad SMARTS) is 2. The van der Waals surface area contributed by atoms with E-state index in [1.54, 1.807) is 0 Å². The zero-order chi connectivity index (χ0) is 37.4. The van der Waals surface area contributed by atoms with E-state index >= 15 is 0 Å². The van der Waals surface area contributed by atoms with Crippen LogP contribution < -0.4 is 10.6 Å². The third kappa shape index (κ3) is 27.8. The highest BCUT2D eigenvalue weighted by molar-refractivity contribution is 5.85. The summed E-state index contributed by atoms with van der Waals surface area (Å²) in [5.41, 5.74) is 0. The van der Waals surface area contributed by atoms with Gasteiger partial charge in [0.05, 0.1) is 19.8 Å². The number of Topliss-reactive ketones (excluding diaryl/α,β-unsaturated/α-hetero) is 1. The molecule has 0 spiro atoms. The summed E-state index contributed by atoms with van der Waals surface area (Å²) in [6.07, 6.45) is 24.8. The van der Waals surface area contributed by atoms with Gasteiger partial charge in [0.15, 0.2) is 0 Å². The Bertz CT molecular complexity index is 937. The van der Waals surface area contributed by atoms with Gasteiger partial charge < -0.3 is 30.3 Å². The summed E-state index contributed by atoms with van der Waals surface area (Å²) >= 11 is 0. The molecule has 11 heteroatoms. The zero-order valence-corrected chi connectivity index (χ0v) is 31.9. The number of ether oxygens (including phenoxy) is 2. The van der Waals surface area contributed by atoms with Crippen LogP contribution in [0.5, 0.6) is 0 Å². The van der Waals surface area contributed by atoms with Crippen molar-refractivity contribution in [2.45, 2.75) is 180 Å². The maximum atomic E-state index is 12.8. The van der Waals surface area contributed by atoms with Gasteiger partial charge in [-0.05, 0) is 64.2 Å². The monoisotopic (exact) mass is 725 g/mol. The Morgan fingerprint density at radius 3 is 1.65 bits per heavy atom. The predicted molar refractivity (Wildman–Crippen MR) is 200 cm³/mol. The molecule has 1 aliphatic carbocycles. The van der Waals surface area contributed by atoms with Gasteiger partial charge in [0, 0.05) is 44.8 Å². The molecule has 0 radical (unpaired) electrons. The fourth-order valence-electron chi connectivity index (χ4n) is 6.81. The van der Waals surface area contributed by atoms with Crippen molar-refractivity contribution in [1.82, 2.24) is 10.6 Å². The second kappa shape index (κ2) is 32.1. The number of hydrogen-bond donors (Lipinski definition) is 4. The molecule has 1 atom stereocenters.